The summed E-state index contributed by atoms with van der Waals surface area (Å²) in [5, 5.41) is 0.908. The van der Waals surface area contributed by atoms with Crippen molar-refractivity contribution in [3.8, 4) is 0 Å². The van der Waals surface area contributed by atoms with E-state index >= 15 is 0 Å². The third-order valence-corrected chi connectivity index (χ3v) is 3.47. The zero-order chi connectivity index (χ0) is 14.4. The first kappa shape index (κ1) is 11.7. The smallest absolute Gasteiger partial charge is 0.268 e. The number of nitrogens with zero attached hydrogens (tertiary/aromatic N) is 3. The first-order chi connectivity index (χ1) is 10.3. The Morgan fingerprint density at radius 2 is 1.57 bits per heavy atom. The van der Waals surface area contributed by atoms with E-state index in [0.29, 0.717) is 27.5 Å². The van der Waals surface area contributed by atoms with Gasteiger partial charge >= 0.3 is 0 Å². The normalized spacial score (nSPS) is 11.2. The second-order valence-corrected chi connectivity index (χ2v) is 4.71. The van der Waals surface area contributed by atoms with E-state index < -0.39 is 0 Å². The maximum absolute atomic E-state index is 12.7. The van der Waals surface area contributed by atoms with E-state index in [1.54, 1.807) is 42.5 Å². The lowest BCUT2D eigenvalue weighted by molar-refractivity contribution is 1.13. The molecule has 5 heteroatoms. The molecule has 0 fully saturated rings. The van der Waals surface area contributed by atoms with Crippen LogP contribution in [-0.2, 0) is 0 Å². The fourth-order valence-corrected chi connectivity index (χ4v) is 2.50. The summed E-state index contributed by atoms with van der Waals surface area (Å²) in [6.45, 7) is 0. The standard InChI is InChI=1S/C16H9N3O2/c20-15-11-6-2-4-8-13(11)19-14(9-17-15)18-12-7-3-1-5-10(12)16(19)21/h1-9H. The van der Waals surface area contributed by atoms with Gasteiger partial charge in [-0.1, -0.05) is 24.3 Å². The molecule has 0 aliphatic rings. The molecule has 0 atom stereocenters. The highest BCUT2D eigenvalue weighted by Gasteiger charge is 2.08. The van der Waals surface area contributed by atoms with Gasteiger partial charge in [0, 0.05) is 0 Å². The average Bonchev–Trinajstić information content (AvgIpc) is 2.66. The molecule has 0 radical (unpaired) electrons. The molecule has 5 nitrogen and oxygen atoms in total. The van der Waals surface area contributed by atoms with Crippen LogP contribution in [0.5, 0.6) is 0 Å². The van der Waals surface area contributed by atoms with Crippen LogP contribution >= 0.6 is 0 Å². The first-order valence-corrected chi connectivity index (χ1v) is 6.45. The molecule has 0 saturated carbocycles. The monoisotopic (exact) mass is 275 g/mol. The van der Waals surface area contributed by atoms with Crippen LogP contribution < -0.4 is 11.1 Å². The Labute approximate surface area is 118 Å². The fourth-order valence-electron chi connectivity index (χ4n) is 2.50. The van der Waals surface area contributed by atoms with E-state index in [4.69, 9.17) is 0 Å². The van der Waals surface area contributed by atoms with Gasteiger partial charge in [0.15, 0.2) is 5.65 Å². The van der Waals surface area contributed by atoms with Crippen LogP contribution in [0.1, 0.15) is 0 Å². The van der Waals surface area contributed by atoms with E-state index in [9.17, 15) is 9.59 Å². The van der Waals surface area contributed by atoms with Crippen LogP contribution in [-0.4, -0.2) is 14.4 Å². The van der Waals surface area contributed by atoms with Crippen molar-refractivity contribution in [2.75, 3.05) is 0 Å². The largest absolute Gasteiger partial charge is 0.279 e. The minimum Gasteiger partial charge on any atom is -0.268 e. The molecule has 0 amide bonds. The highest BCUT2D eigenvalue weighted by Crippen LogP contribution is 2.12. The number of benzene rings is 2. The number of hydrogen-bond donors (Lipinski definition) is 0. The van der Waals surface area contributed by atoms with Gasteiger partial charge in [-0.05, 0) is 24.3 Å². The Morgan fingerprint density at radius 3 is 2.43 bits per heavy atom. The summed E-state index contributed by atoms with van der Waals surface area (Å²) in [5.74, 6) is 0. The molecule has 0 aliphatic carbocycles. The van der Waals surface area contributed by atoms with Crippen molar-refractivity contribution in [1.82, 2.24) is 14.4 Å². The predicted octanol–water partition coefficient (Wildman–Crippen LogP) is 1.76. The van der Waals surface area contributed by atoms with Crippen LogP contribution in [0.3, 0.4) is 0 Å². The summed E-state index contributed by atoms with van der Waals surface area (Å²) in [4.78, 5) is 33.1. The predicted molar refractivity (Wildman–Crippen MR) is 80.5 cm³/mol. The molecule has 100 valence electrons. The Balaban J connectivity index is 2.45. The third kappa shape index (κ3) is 1.64. The van der Waals surface area contributed by atoms with Crippen molar-refractivity contribution in [3.63, 3.8) is 0 Å². The molecule has 4 rings (SSSR count). The van der Waals surface area contributed by atoms with Gasteiger partial charge in [0.1, 0.15) is 0 Å². The lowest BCUT2D eigenvalue weighted by atomic mass is 10.2. The van der Waals surface area contributed by atoms with E-state index in [2.05, 4.69) is 9.97 Å². The molecule has 2 aromatic heterocycles. The Hall–Kier alpha value is -3.08. The Kier molecular flexibility index (Phi) is 2.35. The highest BCUT2D eigenvalue weighted by molar-refractivity contribution is 5.84. The zero-order valence-corrected chi connectivity index (χ0v) is 10.9. The molecule has 0 bridgehead atoms. The third-order valence-electron chi connectivity index (χ3n) is 3.47. The van der Waals surface area contributed by atoms with E-state index in [1.165, 1.54) is 10.6 Å². The summed E-state index contributed by atoms with van der Waals surface area (Å²) >= 11 is 0. The summed E-state index contributed by atoms with van der Waals surface area (Å²) in [6, 6.07) is 14.0. The van der Waals surface area contributed by atoms with Crippen LogP contribution in [0.15, 0.2) is 64.3 Å². The number of rotatable bonds is 0. The van der Waals surface area contributed by atoms with Crippen LogP contribution in [0.25, 0.3) is 27.5 Å². The maximum atomic E-state index is 12.7. The second-order valence-electron chi connectivity index (χ2n) is 4.71. The molecule has 0 unspecified atom stereocenters. The molecule has 4 aromatic rings. The molecule has 0 saturated heterocycles. The van der Waals surface area contributed by atoms with Crippen molar-refractivity contribution in [3.05, 3.63) is 75.4 Å². The second kappa shape index (κ2) is 4.21. The highest BCUT2D eigenvalue weighted by atomic mass is 16.1. The maximum Gasteiger partial charge on any atom is 0.279 e. The lowest BCUT2D eigenvalue weighted by Crippen LogP contribution is -2.15. The summed E-state index contributed by atoms with van der Waals surface area (Å²) in [6.07, 6.45) is 1.34. The van der Waals surface area contributed by atoms with Crippen LogP contribution in [0, 0.1) is 0 Å². The SMILES string of the molecule is O=c1ncc2nc3ccccc3c(=O)n2c2ccccc12. The summed E-state index contributed by atoms with van der Waals surface area (Å²) in [5.41, 5.74) is 0.881. The van der Waals surface area contributed by atoms with Gasteiger partial charge in [-0.25, -0.2) is 9.97 Å². The number of fused-ring (bicyclic) bond motifs is 4. The number of para-hydroxylation sites is 2. The van der Waals surface area contributed by atoms with Gasteiger partial charge in [0.05, 0.1) is 28.0 Å². The molecule has 2 heterocycles. The van der Waals surface area contributed by atoms with Gasteiger partial charge in [0.25, 0.3) is 11.1 Å². The van der Waals surface area contributed by atoms with Gasteiger partial charge in [-0.15, -0.1) is 0 Å². The first-order valence-electron chi connectivity index (χ1n) is 6.45. The quantitative estimate of drug-likeness (QED) is 0.490. The van der Waals surface area contributed by atoms with Gasteiger partial charge in [-0.3, -0.25) is 14.0 Å². The van der Waals surface area contributed by atoms with E-state index in [1.807, 2.05) is 6.07 Å². The summed E-state index contributed by atoms with van der Waals surface area (Å²) < 4.78 is 1.44. The number of aromatic nitrogens is 3. The minimum absolute atomic E-state index is 0.204. The molecule has 21 heavy (non-hydrogen) atoms. The van der Waals surface area contributed by atoms with Crippen molar-refractivity contribution in [2.45, 2.75) is 0 Å². The van der Waals surface area contributed by atoms with Gasteiger partial charge < -0.3 is 0 Å². The molecule has 0 aliphatic heterocycles. The van der Waals surface area contributed by atoms with Gasteiger partial charge in [-0.2, -0.15) is 0 Å². The van der Waals surface area contributed by atoms with Gasteiger partial charge in [0.2, 0.25) is 0 Å². The van der Waals surface area contributed by atoms with Crippen LogP contribution in [0.2, 0.25) is 0 Å². The van der Waals surface area contributed by atoms with Crippen molar-refractivity contribution < 1.29 is 0 Å². The topological polar surface area (TPSA) is 64.3 Å². The molecule has 0 N–H and O–H groups in total. The average molecular weight is 275 g/mol. The van der Waals surface area contributed by atoms with E-state index in [0.717, 1.165) is 0 Å². The fraction of sp³-hybridized carbons (Fsp3) is 0. The minimum atomic E-state index is -0.375. The number of hydrogen-bond acceptors (Lipinski definition) is 4. The molecule has 0 spiro atoms. The van der Waals surface area contributed by atoms with E-state index in [-0.39, 0.29) is 11.1 Å². The molecule has 2 aromatic carbocycles. The lowest BCUT2D eigenvalue weighted by Gasteiger charge is -2.02. The molecular formula is C16H9N3O2. The Morgan fingerprint density at radius 1 is 0.857 bits per heavy atom. The summed E-state index contributed by atoms with van der Waals surface area (Å²) in [7, 11) is 0. The molecular weight excluding hydrogens is 266 g/mol. The van der Waals surface area contributed by atoms with Crippen LogP contribution in [0.4, 0.5) is 0 Å². The Bertz CT molecular complexity index is 1130. The van der Waals surface area contributed by atoms with Crippen molar-refractivity contribution in [2.24, 2.45) is 0 Å². The van der Waals surface area contributed by atoms with Crippen molar-refractivity contribution in [1.29, 1.82) is 0 Å². The van der Waals surface area contributed by atoms with Crippen molar-refractivity contribution >= 4 is 27.5 Å². The zero-order valence-electron chi connectivity index (χ0n) is 10.9.